The highest BCUT2D eigenvalue weighted by atomic mass is 79.9. The molecule has 1 amide bonds. The molecule has 4 nitrogen and oxygen atoms in total. The van der Waals surface area contributed by atoms with E-state index in [1.54, 1.807) is 7.11 Å². The minimum absolute atomic E-state index is 0. The number of hydrogen-bond acceptors (Lipinski definition) is 3. The third kappa shape index (κ3) is 5.73. The molecule has 6 heteroatoms. The molecule has 0 aromatic heterocycles. The van der Waals surface area contributed by atoms with Gasteiger partial charge in [-0.15, -0.1) is 12.4 Å². The Kier molecular flexibility index (Phi) is 9.89. The van der Waals surface area contributed by atoms with Crippen LogP contribution in [0.1, 0.15) is 37.7 Å². The van der Waals surface area contributed by atoms with Crippen molar-refractivity contribution in [1.82, 2.24) is 10.6 Å². The number of carbonyl (C=O) groups excluding carboxylic acids is 1. The standard InChI is InChI=1S/C18H27BrN2O2.ClH/c1-23-13-12-20-10-11-21-17(22)18(8-3-2-4-9-18)15-6-5-7-16(19)14-15;/h5-7,14,20H,2-4,8-13H2,1H3,(H,21,22);1H. The highest BCUT2D eigenvalue weighted by Crippen LogP contribution is 2.40. The molecule has 0 atom stereocenters. The Hall–Kier alpha value is -0.620. The molecular weight excluding hydrogens is 392 g/mol. The van der Waals surface area contributed by atoms with Gasteiger partial charge in [-0.2, -0.15) is 0 Å². The summed E-state index contributed by atoms with van der Waals surface area (Å²) in [6, 6.07) is 8.22. The Bertz CT molecular complexity index is 508. The molecular formula is C18H28BrClN2O2. The Labute approximate surface area is 159 Å². The number of benzene rings is 1. The summed E-state index contributed by atoms with van der Waals surface area (Å²) < 4.78 is 6.03. The number of hydrogen-bond donors (Lipinski definition) is 2. The van der Waals surface area contributed by atoms with Crippen molar-refractivity contribution >= 4 is 34.2 Å². The summed E-state index contributed by atoms with van der Waals surface area (Å²) in [4.78, 5) is 12.9. The average molecular weight is 420 g/mol. The number of carbonyl (C=O) groups is 1. The van der Waals surface area contributed by atoms with Crippen LogP contribution in [-0.4, -0.2) is 39.3 Å². The fourth-order valence-electron chi connectivity index (χ4n) is 3.32. The summed E-state index contributed by atoms with van der Waals surface area (Å²) in [6.07, 6.45) is 5.33. The maximum Gasteiger partial charge on any atom is 0.230 e. The van der Waals surface area contributed by atoms with E-state index in [2.05, 4.69) is 38.7 Å². The van der Waals surface area contributed by atoms with Gasteiger partial charge in [0, 0.05) is 31.2 Å². The number of rotatable bonds is 8. The van der Waals surface area contributed by atoms with E-state index >= 15 is 0 Å². The average Bonchev–Trinajstić information content (AvgIpc) is 2.58. The quantitative estimate of drug-likeness (QED) is 0.635. The van der Waals surface area contributed by atoms with E-state index in [1.807, 2.05) is 12.1 Å². The van der Waals surface area contributed by atoms with Crippen molar-refractivity contribution in [2.24, 2.45) is 0 Å². The predicted molar refractivity (Wildman–Crippen MR) is 104 cm³/mol. The first-order valence-corrected chi connectivity index (χ1v) is 9.22. The van der Waals surface area contributed by atoms with E-state index in [-0.39, 0.29) is 23.7 Å². The van der Waals surface area contributed by atoms with Gasteiger partial charge in [0.05, 0.1) is 12.0 Å². The number of methoxy groups -OCH3 is 1. The van der Waals surface area contributed by atoms with E-state index in [0.29, 0.717) is 13.2 Å². The van der Waals surface area contributed by atoms with E-state index in [1.165, 1.54) is 6.42 Å². The molecule has 1 aliphatic rings. The molecule has 0 radical (unpaired) electrons. The maximum absolute atomic E-state index is 12.9. The van der Waals surface area contributed by atoms with Crippen LogP contribution < -0.4 is 10.6 Å². The van der Waals surface area contributed by atoms with Crippen LogP contribution in [0, 0.1) is 0 Å². The first kappa shape index (κ1) is 21.4. The van der Waals surface area contributed by atoms with Crippen LogP contribution >= 0.6 is 28.3 Å². The summed E-state index contributed by atoms with van der Waals surface area (Å²) in [5.41, 5.74) is 0.769. The van der Waals surface area contributed by atoms with E-state index < -0.39 is 0 Å². The minimum atomic E-state index is -0.367. The number of ether oxygens (including phenoxy) is 1. The van der Waals surface area contributed by atoms with Crippen LogP contribution in [0.5, 0.6) is 0 Å². The third-order valence-electron chi connectivity index (χ3n) is 4.59. The fourth-order valence-corrected chi connectivity index (χ4v) is 3.72. The van der Waals surface area contributed by atoms with Gasteiger partial charge in [-0.05, 0) is 30.5 Å². The molecule has 24 heavy (non-hydrogen) atoms. The lowest BCUT2D eigenvalue weighted by molar-refractivity contribution is -0.128. The zero-order valence-electron chi connectivity index (χ0n) is 14.3. The monoisotopic (exact) mass is 418 g/mol. The summed E-state index contributed by atoms with van der Waals surface area (Å²) in [5, 5.41) is 6.39. The van der Waals surface area contributed by atoms with Gasteiger partial charge in [0.2, 0.25) is 5.91 Å². The van der Waals surface area contributed by atoms with E-state index in [9.17, 15) is 4.79 Å². The summed E-state index contributed by atoms with van der Waals surface area (Å²) in [6.45, 7) is 2.92. The van der Waals surface area contributed by atoms with E-state index in [4.69, 9.17) is 4.74 Å². The lowest BCUT2D eigenvalue weighted by Gasteiger charge is -2.36. The molecule has 1 aromatic rings. The van der Waals surface area contributed by atoms with Crippen molar-refractivity contribution in [3.63, 3.8) is 0 Å². The smallest absolute Gasteiger partial charge is 0.230 e. The molecule has 0 bridgehead atoms. The molecule has 0 heterocycles. The molecule has 0 saturated heterocycles. The zero-order valence-corrected chi connectivity index (χ0v) is 16.7. The van der Waals surface area contributed by atoms with Gasteiger partial charge in [0.15, 0.2) is 0 Å². The molecule has 1 saturated carbocycles. The summed E-state index contributed by atoms with van der Waals surface area (Å²) in [7, 11) is 1.69. The predicted octanol–water partition coefficient (Wildman–Crippen LogP) is 3.43. The van der Waals surface area contributed by atoms with Crippen molar-refractivity contribution in [3.05, 3.63) is 34.3 Å². The van der Waals surface area contributed by atoms with Crippen molar-refractivity contribution in [2.45, 2.75) is 37.5 Å². The third-order valence-corrected chi connectivity index (χ3v) is 5.08. The molecule has 2 N–H and O–H groups in total. The molecule has 0 unspecified atom stereocenters. The van der Waals surface area contributed by atoms with Gasteiger partial charge < -0.3 is 15.4 Å². The van der Waals surface area contributed by atoms with Gasteiger partial charge in [-0.3, -0.25) is 4.79 Å². The molecule has 2 rings (SSSR count). The molecule has 0 spiro atoms. The van der Waals surface area contributed by atoms with Crippen LogP contribution in [0.3, 0.4) is 0 Å². The second-order valence-electron chi connectivity index (χ2n) is 6.15. The van der Waals surface area contributed by atoms with Crippen LogP contribution in [0.4, 0.5) is 0 Å². The highest BCUT2D eigenvalue weighted by molar-refractivity contribution is 9.10. The van der Waals surface area contributed by atoms with Crippen LogP contribution in [0.15, 0.2) is 28.7 Å². The van der Waals surface area contributed by atoms with Crippen LogP contribution in [0.2, 0.25) is 0 Å². The summed E-state index contributed by atoms with van der Waals surface area (Å²) in [5.74, 6) is 0.170. The lowest BCUT2D eigenvalue weighted by Crippen LogP contribution is -2.47. The maximum atomic E-state index is 12.9. The number of amides is 1. The van der Waals surface area contributed by atoms with Gasteiger partial charge in [-0.1, -0.05) is 47.3 Å². The second kappa shape index (κ2) is 11.1. The van der Waals surface area contributed by atoms with Crippen LogP contribution in [-0.2, 0) is 14.9 Å². The molecule has 1 aliphatic carbocycles. The van der Waals surface area contributed by atoms with Gasteiger partial charge in [0.1, 0.15) is 0 Å². The zero-order chi connectivity index (χ0) is 16.5. The normalized spacial score (nSPS) is 16.2. The van der Waals surface area contributed by atoms with Gasteiger partial charge >= 0.3 is 0 Å². The minimum Gasteiger partial charge on any atom is -0.383 e. The molecule has 0 aliphatic heterocycles. The van der Waals surface area contributed by atoms with Crippen LogP contribution in [0.25, 0.3) is 0 Å². The lowest BCUT2D eigenvalue weighted by atomic mass is 9.68. The fraction of sp³-hybridized carbons (Fsp3) is 0.611. The second-order valence-corrected chi connectivity index (χ2v) is 7.07. The number of halogens is 2. The first-order valence-electron chi connectivity index (χ1n) is 8.43. The first-order chi connectivity index (χ1) is 11.2. The Morgan fingerprint density at radius 1 is 1.21 bits per heavy atom. The van der Waals surface area contributed by atoms with Gasteiger partial charge in [0.25, 0.3) is 0 Å². The van der Waals surface area contributed by atoms with Crippen molar-refractivity contribution in [1.29, 1.82) is 0 Å². The molecule has 136 valence electrons. The van der Waals surface area contributed by atoms with Crippen molar-refractivity contribution in [3.8, 4) is 0 Å². The largest absolute Gasteiger partial charge is 0.383 e. The van der Waals surface area contributed by atoms with E-state index in [0.717, 1.165) is 48.8 Å². The summed E-state index contributed by atoms with van der Waals surface area (Å²) >= 11 is 3.54. The Balaban J connectivity index is 0.00000288. The SMILES string of the molecule is COCCNCCNC(=O)C1(c2cccc(Br)c2)CCCCC1.Cl. The molecule has 1 aromatic carbocycles. The van der Waals surface area contributed by atoms with Gasteiger partial charge in [-0.25, -0.2) is 0 Å². The molecule has 1 fully saturated rings. The van der Waals surface area contributed by atoms with Crippen molar-refractivity contribution < 1.29 is 9.53 Å². The Morgan fingerprint density at radius 3 is 2.62 bits per heavy atom. The number of nitrogens with one attached hydrogen (secondary N) is 2. The highest BCUT2D eigenvalue weighted by Gasteiger charge is 2.40. The topological polar surface area (TPSA) is 50.4 Å². The Morgan fingerprint density at radius 2 is 1.96 bits per heavy atom. The van der Waals surface area contributed by atoms with Crippen molar-refractivity contribution in [2.75, 3.05) is 33.4 Å².